The Labute approximate surface area is 149 Å². The molecule has 4 N–H and O–H groups in total. The summed E-state index contributed by atoms with van der Waals surface area (Å²) in [4.78, 5) is 24.1. The van der Waals surface area contributed by atoms with Gasteiger partial charge in [-0.05, 0) is 36.8 Å². The van der Waals surface area contributed by atoms with Crippen LogP contribution in [0.3, 0.4) is 0 Å². The lowest BCUT2D eigenvalue weighted by molar-refractivity contribution is 0.1000. The van der Waals surface area contributed by atoms with Gasteiger partial charge in [0.25, 0.3) is 0 Å². The van der Waals surface area contributed by atoms with E-state index in [0.717, 1.165) is 5.56 Å². The second kappa shape index (κ2) is 7.56. The minimum Gasteiger partial charge on any atom is -0.366 e. The van der Waals surface area contributed by atoms with Crippen molar-refractivity contribution in [2.75, 3.05) is 10.6 Å². The van der Waals surface area contributed by atoms with Crippen molar-refractivity contribution in [1.29, 1.82) is 0 Å². The van der Waals surface area contributed by atoms with E-state index in [-0.39, 0.29) is 11.9 Å². The van der Waals surface area contributed by atoms with Gasteiger partial charge in [-0.2, -0.15) is 0 Å². The van der Waals surface area contributed by atoms with E-state index in [4.69, 9.17) is 5.73 Å². The number of anilines is 3. The van der Waals surface area contributed by atoms with Crippen LogP contribution < -0.4 is 16.4 Å². The van der Waals surface area contributed by atoms with Crippen LogP contribution in [0.2, 0.25) is 0 Å². The molecule has 1 amide bonds. The lowest BCUT2D eigenvalue weighted by atomic mass is 10.1. The number of aromatic nitrogens is 3. The fourth-order valence-corrected chi connectivity index (χ4v) is 2.36. The van der Waals surface area contributed by atoms with E-state index in [1.807, 2.05) is 6.92 Å². The molecular formula is C18H17FN6O. The van der Waals surface area contributed by atoms with E-state index >= 15 is 0 Å². The van der Waals surface area contributed by atoms with Crippen LogP contribution in [-0.4, -0.2) is 20.9 Å². The summed E-state index contributed by atoms with van der Waals surface area (Å²) in [5.41, 5.74) is 6.58. The maximum atomic E-state index is 13.1. The Bertz CT molecular complexity index is 901. The third kappa shape index (κ3) is 4.29. The molecule has 0 saturated heterocycles. The van der Waals surface area contributed by atoms with Gasteiger partial charge < -0.3 is 16.4 Å². The highest BCUT2D eigenvalue weighted by molar-refractivity contribution is 5.94. The van der Waals surface area contributed by atoms with Crippen LogP contribution in [-0.2, 0) is 0 Å². The molecule has 8 heteroatoms. The minimum atomic E-state index is -0.577. The van der Waals surface area contributed by atoms with Crippen LogP contribution in [0.1, 0.15) is 28.9 Å². The molecule has 1 aromatic carbocycles. The van der Waals surface area contributed by atoms with Crippen LogP contribution in [0.4, 0.5) is 21.8 Å². The topological polar surface area (TPSA) is 106 Å². The summed E-state index contributed by atoms with van der Waals surface area (Å²) in [6.07, 6.45) is 4.62. The molecule has 0 radical (unpaired) electrons. The van der Waals surface area contributed by atoms with Crippen molar-refractivity contribution in [1.82, 2.24) is 15.0 Å². The molecule has 3 aromatic rings. The number of nitrogens with one attached hydrogen (secondary N) is 2. The van der Waals surface area contributed by atoms with Crippen molar-refractivity contribution in [2.45, 2.75) is 13.0 Å². The molecule has 2 aromatic heterocycles. The third-order valence-electron chi connectivity index (χ3n) is 3.66. The highest BCUT2D eigenvalue weighted by Gasteiger charge is 2.11. The predicted octanol–water partition coefficient (Wildman–Crippen LogP) is 3.03. The van der Waals surface area contributed by atoms with E-state index in [2.05, 4.69) is 25.6 Å². The Balaban J connectivity index is 1.85. The maximum absolute atomic E-state index is 13.1. The molecule has 132 valence electrons. The zero-order chi connectivity index (χ0) is 18.5. The normalized spacial score (nSPS) is 11.6. The van der Waals surface area contributed by atoms with Crippen molar-refractivity contribution in [3.63, 3.8) is 0 Å². The number of hydrogen-bond acceptors (Lipinski definition) is 6. The molecule has 7 nitrogen and oxygen atoms in total. The van der Waals surface area contributed by atoms with Crippen molar-refractivity contribution in [2.24, 2.45) is 5.73 Å². The fraction of sp³-hybridized carbons (Fsp3) is 0.111. The lowest BCUT2D eigenvalue weighted by Gasteiger charge is -2.16. The first-order valence-electron chi connectivity index (χ1n) is 7.88. The molecule has 0 spiro atoms. The van der Waals surface area contributed by atoms with Gasteiger partial charge in [0.1, 0.15) is 23.3 Å². The predicted molar refractivity (Wildman–Crippen MR) is 96.5 cm³/mol. The van der Waals surface area contributed by atoms with Gasteiger partial charge in [0, 0.05) is 24.0 Å². The Morgan fingerprint density at radius 3 is 2.50 bits per heavy atom. The highest BCUT2D eigenvalue weighted by Crippen LogP contribution is 2.22. The fourth-order valence-electron chi connectivity index (χ4n) is 2.36. The standard InChI is InChI=1S/C18H17FN6O/c1-11(12-2-4-14(19)5-3-12)23-15-8-13(18(20)26)9-16(24-15)25-17-10-21-6-7-22-17/h2-11H,1H3,(H2,20,26)(H2,22,23,24,25). The molecule has 0 aliphatic carbocycles. The van der Waals surface area contributed by atoms with Crippen molar-refractivity contribution in [3.8, 4) is 0 Å². The van der Waals surface area contributed by atoms with Gasteiger partial charge >= 0.3 is 0 Å². The van der Waals surface area contributed by atoms with Gasteiger partial charge in [-0.1, -0.05) is 12.1 Å². The van der Waals surface area contributed by atoms with Crippen molar-refractivity contribution in [3.05, 3.63) is 71.9 Å². The smallest absolute Gasteiger partial charge is 0.248 e. The molecule has 2 heterocycles. The number of pyridine rings is 1. The first-order valence-corrected chi connectivity index (χ1v) is 7.88. The molecule has 3 rings (SSSR count). The maximum Gasteiger partial charge on any atom is 0.248 e. The molecule has 1 atom stereocenters. The zero-order valence-electron chi connectivity index (χ0n) is 14.0. The van der Waals surface area contributed by atoms with E-state index in [9.17, 15) is 9.18 Å². The monoisotopic (exact) mass is 352 g/mol. The Kier molecular flexibility index (Phi) is 5.02. The lowest BCUT2D eigenvalue weighted by Crippen LogP contribution is -2.14. The molecule has 0 aliphatic rings. The van der Waals surface area contributed by atoms with E-state index < -0.39 is 5.91 Å². The van der Waals surface area contributed by atoms with Crippen molar-refractivity contribution >= 4 is 23.4 Å². The molecular weight excluding hydrogens is 335 g/mol. The highest BCUT2D eigenvalue weighted by atomic mass is 19.1. The molecule has 0 aliphatic heterocycles. The number of primary amides is 1. The first-order chi connectivity index (χ1) is 12.5. The number of carbonyl (C=O) groups excluding carboxylic acids is 1. The average molecular weight is 352 g/mol. The molecule has 0 saturated carbocycles. The summed E-state index contributed by atoms with van der Waals surface area (Å²) in [5.74, 6) is 0.455. The molecule has 26 heavy (non-hydrogen) atoms. The van der Waals surface area contributed by atoms with Gasteiger partial charge in [0.05, 0.1) is 6.20 Å². The second-order valence-corrected chi connectivity index (χ2v) is 5.62. The molecule has 0 bridgehead atoms. The Morgan fingerprint density at radius 2 is 1.85 bits per heavy atom. The number of halogens is 1. The number of carbonyl (C=O) groups is 1. The van der Waals surface area contributed by atoms with E-state index in [0.29, 0.717) is 23.0 Å². The summed E-state index contributed by atoms with van der Waals surface area (Å²) in [6, 6.07) is 9.09. The summed E-state index contributed by atoms with van der Waals surface area (Å²) >= 11 is 0. The van der Waals surface area contributed by atoms with Crippen LogP contribution in [0, 0.1) is 5.82 Å². The average Bonchev–Trinajstić information content (AvgIpc) is 2.63. The molecule has 1 unspecified atom stereocenters. The van der Waals surface area contributed by atoms with Gasteiger partial charge in [0.2, 0.25) is 5.91 Å². The van der Waals surface area contributed by atoms with Crippen LogP contribution in [0.15, 0.2) is 55.0 Å². The van der Waals surface area contributed by atoms with Gasteiger partial charge in [0.15, 0.2) is 0 Å². The SMILES string of the molecule is CC(Nc1cc(C(N)=O)cc(Nc2cnccn2)n1)c1ccc(F)cc1. The summed E-state index contributed by atoms with van der Waals surface area (Å²) in [5, 5.41) is 6.16. The summed E-state index contributed by atoms with van der Waals surface area (Å²) < 4.78 is 13.1. The number of benzene rings is 1. The Hall–Kier alpha value is -3.55. The van der Waals surface area contributed by atoms with Crippen LogP contribution in [0.25, 0.3) is 0 Å². The van der Waals surface area contributed by atoms with E-state index in [1.54, 1.807) is 24.4 Å². The number of nitrogens with two attached hydrogens (primary N) is 1. The van der Waals surface area contributed by atoms with Crippen LogP contribution in [0.5, 0.6) is 0 Å². The van der Waals surface area contributed by atoms with Crippen LogP contribution >= 0.6 is 0 Å². The number of amides is 1. The largest absolute Gasteiger partial charge is 0.366 e. The minimum absolute atomic E-state index is 0.157. The van der Waals surface area contributed by atoms with E-state index in [1.165, 1.54) is 30.6 Å². The summed E-state index contributed by atoms with van der Waals surface area (Å²) in [7, 11) is 0. The Morgan fingerprint density at radius 1 is 1.12 bits per heavy atom. The second-order valence-electron chi connectivity index (χ2n) is 5.62. The van der Waals surface area contributed by atoms with Gasteiger partial charge in [-0.15, -0.1) is 0 Å². The number of rotatable bonds is 6. The van der Waals surface area contributed by atoms with Gasteiger partial charge in [-0.25, -0.2) is 14.4 Å². The zero-order valence-corrected chi connectivity index (χ0v) is 14.0. The number of nitrogens with zero attached hydrogens (tertiary/aromatic N) is 3. The molecule has 0 fully saturated rings. The van der Waals surface area contributed by atoms with Crippen molar-refractivity contribution < 1.29 is 9.18 Å². The third-order valence-corrected chi connectivity index (χ3v) is 3.66. The quantitative estimate of drug-likeness (QED) is 0.630. The first kappa shape index (κ1) is 17.3. The van der Waals surface area contributed by atoms with Gasteiger partial charge in [-0.3, -0.25) is 9.78 Å². The number of hydrogen-bond donors (Lipinski definition) is 3. The summed E-state index contributed by atoms with van der Waals surface area (Å²) in [6.45, 7) is 1.90.